The van der Waals surface area contributed by atoms with E-state index in [0.717, 1.165) is 24.8 Å². The van der Waals surface area contributed by atoms with Gasteiger partial charge in [0, 0.05) is 18.6 Å². The molecule has 0 amide bonds. The summed E-state index contributed by atoms with van der Waals surface area (Å²) in [6.45, 7) is 2.13. The quantitative estimate of drug-likeness (QED) is 0.759. The number of hydrogen-bond acceptors (Lipinski definition) is 3. The van der Waals surface area contributed by atoms with Crippen LogP contribution in [0, 0.1) is 5.92 Å². The highest BCUT2D eigenvalue weighted by Gasteiger charge is 2.47. The first-order chi connectivity index (χ1) is 12.0. The van der Waals surface area contributed by atoms with Crippen molar-refractivity contribution < 1.29 is 4.74 Å². The molecule has 3 heteroatoms. The highest BCUT2D eigenvalue weighted by atomic mass is 16.5. The smallest absolute Gasteiger partial charge is 0.118 e. The molecule has 0 bridgehead atoms. The highest BCUT2D eigenvalue weighted by molar-refractivity contribution is 5.29. The summed E-state index contributed by atoms with van der Waals surface area (Å²) in [4.78, 5) is 4.85. The van der Waals surface area contributed by atoms with Crippen molar-refractivity contribution in [2.45, 2.75) is 24.9 Å². The Bertz CT molecular complexity index is 660. The second-order valence-electron chi connectivity index (χ2n) is 7.61. The fraction of sp³-hybridized carbons (Fsp3) is 0.455. The van der Waals surface area contributed by atoms with Gasteiger partial charge in [-0.3, -0.25) is 4.90 Å². The summed E-state index contributed by atoms with van der Waals surface area (Å²) in [5.74, 6) is 1.68. The average Bonchev–Trinajstić information content (AvgIpc) is 2.59. The predicted molar refractivity (Wildman–Crippen MR) is 104 cm³/mol. The SMILES string of the molecule is COc1ccc(CN(C)CC2CC(c3ccccc3)(N(C)C)C2)cc1. The number of rotatable bonds is 7. The molecule has 0 aromatic heterocycles. The van der Waals surface area contributed by atoms with Crippen molar-refractivity contribution >= 4 is 0 Å². The zero-order valence-electron chi connectivity index (χ0n) is 15.9. The predicted octanol–water partition coefficient (Wildman–Crippen LogP) is 3.99. The Balaban J connectivity index is 1.56. The molecule has 25 heavy (non-hydrogen) atoms. The van der Waals surface area contributed by atoms with E-state index in [0.29, 0.717) is 0 Å². The third kappa shape index (κ3) is 3.88. The van der Waals surface area contributed by atoms with E-state index in [-0.39, 0.29) is 5.54 Å². The van der Waals surface area contributed by atoms with E-state index in [1.165, 1.54) is 24.0 Å². The van der Waals surface area contributed by atoms with E-state index in [1.54, 1.807) is 7.11 Å². The Morgan fingerprint density at radius 1 is 0.960 bits per heavy atom. The average molecular weight is 338 g/mol. The molecule has 1 aliphatic rings. The van der Waals surface area contributed by atoms with Crippen LogP contribution >= 0.6 is 0 Å². The van der Waals surface area contributed by atoms with Gasteiger partial charge in [-0.05, 0) is 63.2 Å². The summed E-state index contributed by atoms with van der Waals surface area (Å²) in [5, 5.41) is 0. The van der Waals surface area contributed by atoms with E-state index in [9.17, 15) is 0 Å². The summed E-state index contributed by atoms with van der Waals surface area (Å²) in [5.41, 5.74) is 3.01. The number of benzene rings is 2. The lowest BCUT2D eigenvalue weighted by Crippen LogP contribution is -2.53. The molecule has 0 radical (unpaired) electrons. The highest BCUT2D eigenvalue weighted by Crippen LogP contribution is 2.49. The summed E-state index contributed by atoms with van der Waals surface area (Å²) >= 11 is 0. The van der Waals surface area contributed by atoms with Crippen LogP contribution in [-0.2, 0) is 12.1 Å². The Hall–Kier alpha value is -1.84. The van der Waals surface area contributed by atoms with Gasteiger partial charge in [0.15, 0.2) is 0 Å². The molecule has 2 aromatic carbocycles. The van der Waals surface area contributed by atoms with Gasteiger partial charge in [0.25, 0.3) is 0 Å². The first-order valence-electron chi connectivity index (χ1n) is 9.08. The largest absolute Gasteiger partial charge is 0.497 e. The van der Waals surface area contributed by atoms with Crippen LogP contribution in [0.1, 0.15) is 24.0 Å². The van der Waals surface area contributed by atoms with Gasteiger partial charge in [0.2, 0.25) is 0 Å². The molecule has 134 valence electrons. The molecule has 1 aliphatic carbocycles. The van der Waals surface area contributed by atoms with Crippen LogP contribution in [0.3, 0.4) is 0 Å². The van der Waals surface area contributed by atoms with E-state index < -0.39 is 0 Å². The molecule has 0 N–H and O–H groups in total. The van der Waals surface area contributed by atoms with Crippen molar-refractivity contribution in [3.63, 3.8) is 0 Å². The van der Waals surface area contributed by atoms with Crippen molar-refractivity contribution in [1.82, 2.24) is 9.80 Å². The zero-order chi connectivity index (χ0) is 17.9. The van der Waals surface area contributed by atoms with E-state index in [1.807, 2.05) is 12.1 Å². The van der Waals surface area contributed by atoms with E-state index >= 15 is 0 Å². The number of methoxy groups -OCH3 is 1. The molecule has 0 heterocycles. The molecule has 1 saturated carbocycles. The van der Waals surface area contributed by atoms with Crippen molar-refractivity contribution in [3.8, 4) is 5.75 Å². The molecule has 0 saturated heterocycles. The normalized spacial score (nSPS) is 22.9. The van der Waals surface area contributed by atoms with Crippen LogP contribution < -0.4 is 4.74 Å². The monoisotopic (exact) mass is 338 g/mol. The second kappa shape index (κ2) is 7.59. The Morgan fingerprint density at radius 2 is 1.60 bits per heavy atom. The van der Waals surface area contributed by atoms with Gasteiger partial charge in [-0.25, -0.2) is 0 Å². The van der Waals surface area contributed by atoms with Gasteiger partial charge in [-0.1, -0.05) is 42.5 Å². The topological polar surface area (TPSA) is 15.7 Å². The van der Waals surface area contributed by atoms with Gasteiger partial charge < -0.3 is 9.64 Å². The van der Waals surface area contributed by atoms with Crippen LogP contribution in [0.2, 0.25) is 0 Å². The number of hydrogen-bond donors (Lipinski definition) is 0. The molecule has 0 unspecified atom stereocenters. The minimum atomic E-state index is 0.215. The van der Waals surface area contributed by atoms with Gasteiger partial charge in [-0.2, -0.15) is 0 Å². The lowest BCUT2D eigenvalue weighted by atomic mass is 9.63. The molecule has 2 aromatic rings. The van der Waals surface area contributed by atoms with Crippen LogP contribution in [0.25, 0.3) is 0 Å². The fourth-order valence-electron chi connectivity index (χ4n) is 4.18. The molecule has 0 atom stereocenters. The molecule has 3 nitrogen and oxygen atoms in total. The van der Waals surface area contributed by atoms with Crippen LogP contribution in [0.4, 0.5) is 0 Å². The second-order valence-corrected chi connectivity index (χ2v) is 7.61. The van der Waals surface area contributed by atoms with Crippen molar-refractivity contribution in [2.24, 2.45) is 5.92 Å². The summed E-state index contributed by atoms with van der Waals surface area (Å²) in [7, 11) is 8.36. The Morgan fingerprint density at radius 3 is 2.16 bits per heavy atom. The Labute approximate surface area is 152 Å². The van der Waals surface area contributed by atoms with Crippen LogP contribution in [0.15, 0.2) is 54.6 Å². The minimum absolute atomic E-state index is 0.215. The van der Waals surface area contributed by atoms with Gasteiger partial charge >= 0.3 is 0 Å². The third-order valence-corrected chi connectivity index (χ3v) is 5.60. The first kappa shape index (κ1) is 18.0. The third-order valence-electron chi connectivity index (χ3n) is 5.60. The zero-order valence-corrected chi connectivity index (χ0v) is 15.9. The summed E-state index contributed by atoms with van der Waals surface area (Å²) < 4.78 is 5.23. The fourth-order valence-corrected chi connectivity index (χ4v) is 4.18. The first-order valence-corrected chi connectivity index (χ1v) is 9.08. The maximum absolute atomic E-state index is 5.23. The summed E-state index contributed by atoms with van der Waals surface area (Å²) in [6.07, 6.45) is 2.47. The van der Waals surface area contributed by atoms with E-state index in [4.69, 9.17) is 4.74 Å². The molecule has 1 fully saturated rings. The van der Waals surface area contributed by atoms with Crippen molar-refractivity contribution in [1.29, 1.82) is 0 Å². The lowest BCUT2D eigenvalue weighted by Gasteiger charge is -2.53. The minimum Gasteiger partial charge on any atom is -0.497 e. The van der Waals surface area contributed by atoms with Crippen molar-refractivity contribution in [2.75, 3.05) is 34.8 Å². The molecule has 3 rings (SSSR count). The Kier molecular flexibility index (Phi) is 5.45. The van der Waals surface area contributed by atoms with Crippen LogP contribution in [0.5, 0.6) is 5.75 Å². The molecule has 0 spiro atoms. The molecular weight excluding hydrogens is 308 g/mol. The van der Waals surface area contributed by atoms with E-state index in [2.05, 4.69) is 73.4 Å². The maximum Gasteiger partial charge on any atom is 0.118 e. The number of ether oxygens (including phenoxy) is 1. The summed E-state index contributed by atoms with van der Waals surface area (Å²) in [6, 6.07) is 19.4. The lowest BCUT2D eigenvalue weighted by molar-refractivity contribution is -0.00951. The van der Waals surface area contributed by atoms with Gasteiger partial charge in [-0.15, -0.1) is 0 Å². The van der Waals surface area contributed by atoms with Crippen LogP contribution in [-0.4, -0.2) is 44.6 Å². The standard InChI is InChI=1S/C22H30N2O/c1-23(2)22(20-8-6-5-7-9-20)14-19(15-22)17-24(3)16-18-10-12-21(25-4)13-11-18/h5-13,19H,14-17H2,1-4H3. The number of nitrogens with zero attached hydrogens (tertiary/aromatic N) is 2. The van der Waals surface area contributed by atoms with Gasteiger partial charge in [0.1, 0.15) is 5.75 Å². The maximum atomic E-state index is 5.23. The van der Waals surface area contributed by atoms with Gasteiger partial charge in [0.05, 0.1) is 7.11 Å². The van der Waals surface area contributed by atoms with Crippen molar-refractivity contribution in [3.05, 3.63) is 65.7 Å². The molecule has 0 aliphatic heterocycles. The molecular formula is C22H30N2O.